The molecule has 4 rings (SSSR count). The van der Waals surface area contributed by atoms with Crippen molar-refractivity contribution >= 4 is 22.4 Å². The van der Waals surface area contributed by atoms with Crippen LogP contribution in [0.15, 0.2) is 54.6 Å². The number of carbonyl (C=O) groups is 1. The predicted molar refractivity (Wildman–Crippen MR) is 104 cm³/mol. The molecule has 1 fully saturated rings. The Bertz CT molecular complexity index is 935. The van der Waals surface area contributed by atoms with Crippen molar-refractivity contribution < 1.29 is 9.18 Å². The van der Waals surface area contributed by atoms with Gasteiger partial charge in [-0.3, -0.25) is 10.1 Å². The van der Waals surface area contributed by atoms with Crippen LogP contribution in [0.25, 0.3) is 0 Å². The molecule has 1 aliphatic rings. The number of benzene rings is 2. The molecule has 138 valence electrons. The second-order valence-electron chi connectivity index (χ2n) is 6.92. The molecule has 3 aromatic rings. The van der Waals surface area contributed by atoms with Gasteiger partial charge in [0, 0.05) is 6.42 Å². The summed E-state index contributed by atoms with van der Waals surface area (Å²) in [5.41, 5.74) is 1.21. The Hall–Kier alpha value is -2.60. The quantitative estimate of drug-likeness (QED) is 0.696. The van der Waals surface area contributed by atoms with Crippen LogP contribution >= 0.6 is 11.3 Å². The van der Waals surface area contributed by atoms with E-state index in [1.54, 1.807) is 6.07 Å². The number of halogens is 1. The van der Waals surface area contributed by atoms with Crippen LogP contribution < -0.4 is 5.32 Å². The van der Waals surface area contributed by atoms with Crippen molar-refractivity contribution in [2.45, 2.75) is 37.5 Å². The minimum atomic E-state index is -0.687. The number of anilines is 1. The zero-order chi connectivity index (χ0) is 18.7. The van der Waals surface area contributed by atoms with E-state index in [1.807, 2.05) is 36.4 Å². The smallest absolute Gasteiger partial charge is 0.236 e. The Balaban J connectivity index is 1.52. The third-order valence-corrected chi connectivity index (χ3v) is 5.99. The molecule has 1 heterocycles. The SMILES string of the molecule is O=C(Nc1nnc(Cc2ccccc2)s1)C1(c2cccc(F)c2)CCCC1. The highest BCUT2D eigenvalue weighted by molar-refractivity contribution is 7.15. The first-order chi connectivity index (χ1) is 13.2. The van der Waals surface area contributed by atoms with Crippen molar-refractivity contribution in [1.82, 2.24) is 10.2 Å². The molecule has 27 heavy (non-hydrogen) atoms. The third kappa shape index (κ3) is 3.76. The molecule has 1 aliphatic carbocycles. The van der Waals surface area contributed by atoms with Gasteiger partial charge in [-0.2, -0.15) is 0 Å². The van der Waals surface area contributed by atoms with Crippen molar-refractivity contribution in [1.29, 1.82) is 0 Å². The van der Waals surface area contributed by atoms with E-state index in [9.17, 15) is 9.18 Å². The van der Waals surface area contributed by atoms with Crippen LogP contribution in [0.4, 0.5) is 9.52 Å². The molecule has 1 amide bonds. The number of nitrogens with one attached hydrogen (secondary N) is 1. The first-order valence-electron chi connectivity index (χ1n) is 9.09. The number of aromatic nitrogens is 2. The van der Waals surface area contributed by atoms with Gasteiger partial charge in [-0.15, -0.1) is 10.2 Å². The van der Waals surface area contributed by atoms with E-state index in [4.69, 9.17) is 0 Å². The average Bonchev–Trinajstić information content (AvgIpc) is 3.33. The fourth-order valence-corrected chi connectivity index (χ4v) is 4.54. The van der Waals surface area contributed by atoms with Crippen molar-refractivity contribution in [2.24, 2.45) is 0 Å². The van der Waals surface area contributed by atoms with Gasteiger partial charge in [0.25, 0.3) is 0 Å². The number of hydrogen-bond donors (Lipinski definition) is 1. The molecule has 0 radical (unpaired) electrons. The van der Waals surface area contributed by atoms with Crippen LogP contribution in [-0.4, -0.2) is 16.1 Å². The summed E-state index contributed by atoms with van der Waals surface area (Å²) in [7, 11) is 0. The van der Waals surface area contributed by atoms with Gasteiger partial charge in [0.15, 0.2) is 0 Å². The van der Waals surface area contributed by atoms with Gasteiger partial charge in [-0.25, -0.2) is 4.39 Å². The topological polar surface area (TPSA) is 54.9 Å². The van der Waals surface area contributed by atoms with Gasteiger partial charge < -0.3 is 0 Å². The van der Waals surface area contributed by atoms with Crippen molar-refractivity contribution in [2.75, 3.05) is 5.32 Å². The normalized spacial score (nSPS) is 15.6. The Labute approximate surface area is 161 Å². The van der Waals surface area contributed by atoms with Crippen LogP contribution in [-0.2, 0) is 16.6 Å². The molecule has 1 N–H and O–H groups in total. The van der Waals surface area contributed by atoms with Gasteiger partial charge in [0.2, 0.25) is 11.0 Å². The second kappa shape index (κ2) is 7.56. The molecule has 1 saturated carbocycles. The van der Waals surface area contributed by atoms with E-state index >= 15 is 0 Å². The summed E-state index contributed by atoms with van der Waals surface area (Å²) in [5, 5.41) is 12.6. The summed E-state index contributed by atoms with van der Waals surface area (Å²) in [5.74, 6) is -0.430. The van der Waals surface area contributed by atoms with E-state index in [-0.39, 0.29) is 11.7 Å². The fourth-order valence-electron chi connectivity index (χ4n) is 3.77. The number of rotatable bonds is 5. The molecule has 0 aliphatic heterocycles. The Morgan fingerprint density at radius 1 is 1.07 bits per heavy atom. The standard InChI is InChI=1S/C21H20FN3OS/c22-17-10-6-9-16(14-17)21(11-4-5-12-21)19(26)23-20-25-24-18(27-20)13-15-7-2-1-3-8-15/h1-3,6-10,14H,4-5,11-13H2,(H,23,25,26). The zero-order valence-corrected chi connectivity index (χ0v) is 15.6. The molecule has 1 aromatic heterocycles. The number of nitrogens with zero attached hydrogens (tertiary/aromatic N) is 2. The van der Waals surface area contributed by atoms with Crippen molar-refractivity contribution in [3.63, 3.8) is 0 Å². The molecular weight excluding hydrogens is 361 g/mol. The maximum atomic E-state index is 13.7. The summed E-state index contributed by atoms with van der Waals surface area (Å²) in [6.07, 6.45) is 4.04. The van der Waals surface area contributed by atoms with Crippen molar-refractivity contribution in [3.8, 4) is 0 Å². The molecule has 0 atom stereocenters. The Morgan fingerprint density at radius 2 is 1.85 bits per heavy atom. The minimum Gasteiger partial charge on any atom is -0.300 e. The van der Waals surface area contributed by atoms with Crippen LogP contribution in [0, 0.1) is 5.82 Å². The molecule has 0 bridgehead atoms. The maximum absolute atomic E-state index is 13.7. The molecule has 0 spiro atoms. The van der Waals surface area contributed by atoms with Crippen LogP contribution in [0.5, 0.6) is 0 Å². The number of carbonyl (C=O) groups excluding carboxylic acids is 1. The molecule has 0 saturated heterocycles. The molecular formula is C21H20FN3OS. The first-order valence-corrected chi connectivity index (χ1v) is 9.91. The lowest BCUT2D eigenvalue weighted by atomic mass is 9.78. The minimum absolute atomic E-state index is 0.118. The summed E-state index contributed by atoms with van der Waals surface area (Å²) >= 11 is 1.38. The first kappa shape index (κ1) is 17.8. The van der Waals surface area contributed by atoms with E-state index in [0.29, 0.717) is 11.6 Å². The molecule has 0 unspecified atom stereocenters. The van der Waals surface area contributed by atoms with Gasteiger partial charge in [-0.1, -0.05) is 66.6 Å². The summed E-state index contributed by atoms with van der Waals surface area (Å²) < 4.78 is 13.7. The van der Waals surface area contributed by atoms with Crippen LogP contribution in [0.1, 0.15) is 41.8 Å². The number of amides is 1. The molecule has 6 heteroatoms. The lowest BCUT2D eigenvalue weighted by Gasteiger charge is -2.27. The van der Waals surface area contributed by atoms with Crippen molar-refractivity contribution in [3.05, 3.63) is 76.5 Å². The maximum Gasteiger partial charge on any atom is 0.236 e. The van der Waals surface area contributed by atoms with E-state index in [2.05, 4.69) is 15.5 Å². The van der Waals surface area contributed by atoms with E-state index in [0.717, 1.165) is 41.8 Å². The van der Waals surface area contributed by atoms with Crippen LogP contribution in [0.3, 0.4) is 0 Å². The Kier molecular flexibility index (Phi) is 4.99. The predicted octanol–water partition coefficient (Wildman–Crippen LogP) is 4.72. The van der Waals surface area contributed by atoms with Gasteiger partial charge >= 0.3 is 0 Å². The molecule has 4 nitrogen and oxygen atoms in total. The monoisotopic (exact) mass is 381 g/mol. The van der Waals surface area contributed by atoms with Crippen LogP contribution in [0.2, 0.25) is 0 Å². The summed E-state index contributed by atoms with van der Waals surface area (Å²) in [6.45, 7) is 0. The summed E-state index contributed by atoms with van der Waals surface area (Å²) in [6, 6.07) is 16.4. The number of hydrogen-bond acceptors (Lipinski definition) is 4. The second-order valence-corrected chi connectivity index (χ2v) is 7.98. The zero-order valence-electron chi connectivity index (χ0n) is 14.8. The highest BCUT2D eigenvalue weighted by Crippen LogP contribution is 2.42. The fraction of sp³-hybridized carbons (Fsp3) is 0.286. The van der Waals surface area contributed by atoms with Gasteiger partial charge in [0.05, 0.1) is 5.41 Å². The Morgan fingerprint density at radius 3 is 2.59 bits per heavy atom. The highest BCUT2D eigenvalue weighted by atomic mass is 32.1. The average molecular weight is 381 g/mol. The highest BCUT2D eigenvalue weighted by Gasteiger charge is 2.43. The lowest BCUT2D eigenvalue weighted by molar-refractivity contribution is -0.121. The third-order valence-electron chi connectivity index (χ3n) is 5.15. The van der Waals surface area contributed by atoms with Gasteiger partial charge in [0.1, 0.15) is 10.8 Å². The lowest BCUT2D eigenvalue weighted by Crippen LogP contribution is -2.38. The largest absolute Gasteiger partial charge is 0.300 e. The molecule has 2 aromatic carbocycles. The van der Waals surface area contributed by atoms with E-state index in [1.165, 1.54) is 23.5 Å². The van der Waals surface area contributed by atoms with E-state index < -0.39 is 5.41 Å². The van der Waals surface area contributed by atoms with Gasteiger partial charge in [-0.05, 0) is 36.1 Å². The summed E-state index contributed by atoms with van der Waals surface area (Å²) in [4.78, 5) is 13.1.